The maximum absolute atomic E-state index is 13.7. The number of Topliss-reactive ketones (excluding diaryl/α,β-unsaturated/α-hetero) is 1. The molecule has 0 spiro atoms. The van der Waals surface area contributed by atoms with Gasteiger partial charge in [0.25, 0.3) is 5.91 Å². The first kappa shape index (κ1) is 20.7. The summed E-state index contributed by atoms with van der Waals surface area (Å²) in [6, 6.07) is 7.79. The summed E-state index contributed by atoms with van der Waals surface area (Å²) in [6.45, 7) is 8.10. The van der Waals surface area contributed by atoms with E-state index in [1.165, 1.54) is 0 Å². The Balaban J connectivity index is 1.84. The van der Waals surface area contributed by atoms with Crippen LogP contribution in [0, 0.1) is 0 Å². The lowest BCUT2D eigenvalue weighted by molar-refractivity contribution is -0.131. The Kier molecular flexibility index (Phi) is 5.95. The van der Waals surface area contributed by atoms with Gasteiger partial charge in [-0.2, -0.15) is 0 Å². The number of morpholine rings is 1. The Labute approximate surface area is 177 Å². The van der Waals surface area contributed by atoms with E-state index in [1.54, 1.807) is 0 Å². The molecule has 6 nitrogen and oxygen atoms in total. The highest BCUT2D eigenvalue weighted by Gasteiger charge is 2.41. The van der Waals surface area contributed by atoms with E-state index in [-0.39, 0.29) is 17.8 Å². The smallest absolute Gasteiger partial charge is 0.252 e. The number of benzene rings is 1. The summed E-state index contributed by atoms with van der Waals surface area (Å²) in [6.07, 6.45) is 2.16. The topological polar surface area (TPSA) is 67.9 Å². The van der Waals surface area contributed by atoms with Crippen LogP contribution in [0.1, 0.15) is 51.5 Å². The molecule has 0 bridgehead atoms. The van der Waals surface area contributed by atoms with E-state index >= 15 is 0 Å². The normalized spacial score (nSPS) is 22.2. The molecule has 1 saturated heterocycles. The molecule has 0 saturated carbocycles. The molecule has 1 aliphatic carbocycles. The summed E-state index contributed by atoms with van der Waals surface area (Å²) >= 11 is 0. The predicted molar refractivity (Wildman–Crippen MR) is 114 cm³/mol. The van der Waals surface area contributed by atoms with Crippen molar-refractivity contribution in [1.82, 2.24) is 10.2 Å². The van der Waals surface area contributed by atoms with E-state index in [2.05, 4.69) is 5.32 Å². The van der Waals surface area contributed by atoms with Crippen LogP contribution >= 0.6 is 0 Å². The zero-order chi connectivity index (χ0) is 21.3. The van der Waals surface area contributed by atoms with Crippen LogP contribution in [0.2, 0.25) is 0 Å². The van der Waals surface area contributed by atoms with Crippen molar-refractivity contribution in [3.63, 3.8) is 0 Å². The van der Waals surface area contributed by atoms with E-state index in [4.69, 9.17) is 9.47 Å². The van der Waals surface area contributed by atoms with Crippen molar-refractivity contribution in [3.8, 4) is 5.75 Å². The third-order valence-electron chi connectivity index (χ3n) is 5.90. The highest BCUT2D eigenvalue weighted by atomic mass is 16.5. The van der Waals surface area contributed by atoms with E-state index in [9.17, 15) is 9.59 Å². The lowest BCUT2D eigenvalue weighted by atomic mass is 9.74. The minimum Gasteiger partial charge on any atom is -0.491 e. The largest absolute Gasteiger partial charge is 0.491 e. The van der Waals surface area contributed by atoms with Crippen LogP contribution in [0.25, 0.3) is 0 Å². The Morgan fingerprint density at radius 3 is 2.67 bits per heavy atom. The van der Waals surface area contributed by atoms with Gasteiger partial charge in [-0.15, -0.1) is 0 Å². The minimum absolute atomic E-state index is 0.00755. The molecule has 1 amide bonds. The summed E-state index contributed by atoms with van der Waals surface area (Å²) in [7, 11) is 0. The molecule has 30 heavy (non-hydrogen) atoms. The van der Waals surface area contributed by atoms with E-state index in [0.29, 0.717) is 38.3 Å². The Bertz CT molecular complexity index is 910. The lowest BCUT2D eigenvalue weighted by Gasteiger charge is -2.37. The van der Waals surface area contributed by atoms with Crippen LogP contribution in [0.4, 0.5) is 0 Å². The van der Waals surface area contributed by atoms with Gasteiger partial charge in [0, 0.05) is 47.6 Å². The molecule has 1 atom stereocenters. The van der Waals surface area contributed by atoms with Crippen molar-refractivity contribution < 1.29 is 19.1 Å². The number of allylic oxidation sites excluding steroid dienone is 3. The number of hydrogen-bond donors (Lipinski definition) is 1. The molecular weight excluding hydrogens is 380 g/mol. The van der Waals surface area contributed by atoms with Crippen LogP contribution in [0.3, 0.4) is 0 Å². The van der Waals surface area contributed by atoms with Gasteiger partial charge >= 0.3 is 0 Å². The molecule has 1 fully saturated rings. The van der Waals surface area contributed by atoms with Gasteiger partial charge < -0.3 is 19.7 Å². The lowest BCUT2D eigenvalue weighted by Crippen LogP contribution is -2.44. The number of nitrogens with one attached hydrogen (secondary N) is 1. The number of carbonyl (C=O) groups excluding carboxylic acids is 2. The van der Waals surface area contributed by atoms with Gasteiger partial charge in [-0.25, -0.2) is 0 Å². The number of dihydropyridines is 1. The van der Waals surface area contributed by atoms with Crippen molar-refractivity contribution >= 4 is 11.7 Å². The predicted octanol–water partition coefficient (Wildman–Crippen LogP) is 3.30. The standard InChI is InChI=1S/C24H30N2O4/c1-15(2)30-20-10-5-4-7-17(20)22-21(24(28)26-11-13-29-14-12-26)16(3)25-18-8-6-9-19(27)23(18)22/h4-5,7,10,15,22,25H,6,8-9,11-14H2,1-3H3/t22-/m1/s1. The van der Waals surface area contributed by atoms with E-state index in [1.807, 2.05) is 49.9 Å². The zero-order valence-electron chi connectivity index (χ0n) is 18.0. The quantitative estimate of drug-likeness (QED) is 0.825. The molecule has 0 radical (unpaired) electrons. The van der Waals surface area contributed by atoms with Crippen LogP contribution in [-0.4, -0.2) is 49.0 Å². The average molecular weight is 411 g/mol. The number of para-hydroxylation sites is 1. The monoisotopic (exact) mass is 410 g/mol. The van der Waals surface area contributed by atoms with Crippen LogP contribution in [0.5, 0.6) is 5.75 Å². The first-order chi connectivity index (χ1) is 14.5. The van der Waals surface area contributed by atoms with Crippen LogP contribution in [0.15, 0.2) is 46.8 Å². The number of ether oxygens (including phenoxy) is 2. The Morgan fingerprint density at radius 2 is 1.93 bits per heavy atom. The third-order valence-corrected chi connectivity index (χ3v) is 5.90. The molecule has 2 heterocycles. The van der Waals surface area contributed by atoms with Gasteiger partial charge in [0.05, 0.1) is 25.2 Å². The van der Waals surface area contributed by atoms with E-state index < -0.39 is 5.92 Å². The minimum atomic E-state index is -0.417. The average Bonchev–Trinajstić information content (AvgIpc) is 2.73. The van der Waals surface area contributed by atoms with Crippen LogP contribution < -0.4 is 10.1 Å². The first-order valence-corrected chi connectivity index (χ1v) is 10.8. The molecule has 6 heteroatoms. The van der Waals surface area contributed by atoms with Gasteiger partial charge in [0.2, 0.25) is 0 Å². The summed E-state index contributed by atoms with van der Waals surface area (Å²) in [4.78, 5) is 28.6. The number of nitrogens with zero attached hydrogens (tertiary/aromatic N) is 1. The number of hydrogen-bond acceptors (Lipinski definition) is 5. The number of rotatable bonds is 4. The van der Waals surface area contributed by atoms with Gasteiger partial charge in [0.15, 0.2) is 5.78 Å². The van der Waals surface area contributed by atoms with E-state index in [0.717, 1.165) is 41.1 Å². The van der Waals surface area contributed by atoms with Gasteiger partial charge in [-0.1, -0.05) is 18.2 Å². The zero-order valence-corrected chi connectivity index (χ0v) is 18.0. The molecule has 3 aliphatic rings. The van der Waals surface area contributed by atoms with Crippen molar-refractivity contribution in [2.24, 2.45) is 0 Å². The third kappa shape index (κ3) is 3.88. The Hall–Kier alpha value is -2.60. The number of ketones is 1. The number of amides is 1. The van der Waals surface area contributed by atoms with Crippen molar-refractivity contribution in [2.45, 2.75) is 52.1 Å². The second kappa shape index (κ2) is 8.64. The molecule has 0 aromatic heterocycles. The fourth-order valence-electron chi connectivity index (χ4n) is 4.59. The van der Waals surface area contributed by atoms with Crippen molar-refractivity contribution in [2.75, 3.05) is 26.3 Å². The van der Waals surface area contributed by atoms with Gasteiger partial charge in [0.1, 0.15) is 5.75 Å². The molecule has 1 N–H and O–H groups in total. The molecule has 0 unspecified atom stereocenters. The summed E-state index contributed by atoms with van der Waals surface area (Å²) in [5, 5.41) is 3.40. The van der Waals surface area contributed by atoms with Crippen LogP contribution in [-0.2, 0) is 14.3 Å². The molecular formula is C24H30N2O4. The maximum Gasteiger partial charge on any atom is 0.252 e. The fourth-order valence-corrected chi connectivity index (χ4v) is 4.59. The highest BCUT2D eigenvalue weighted by molar-refractivity contribution is 6.05. The van der Waals surface area contributed by atoms with Gasteiger partial charge in [-0.05, 0) is 39.7 Å². The highest BCUT2D eigenvalue weighted by Crippen LogP contribution is 2.45. The van der Waals surface area contributed by atoms with Gasteiger partial charge in [-0.3, -0.25) is 9.59 Å². The SMILES string of the molecule is CC1=C(C(=O)N2CCOCC2)[C@@H](c2ccccc2OC(C)C)C2=C(CCCC2=O)N1. The molecule has 2 aliphatic heterocycles. The fraction of sp³-hybridized carbons (Fsp3) is 0.500. The summed E-state index contributed by atoms with van der Waals surface area (Å²) in [5.74, 6) is 0.398. The number of carbonyl (C=O) groups is 2. The molecule has 160 valence electrons. The summed E-state index contributed by atoms with van der Waals surface area (Å²) in [5.41, 5.74) is 4.02. The first-order valence-electron chi connectivity index (χ1n) is 10.8. The summed E-state index contributed by atoms with van der Waals surface area (Å²) < 4.78 is 11.5. The second-order valence-electron chi connectivity index (χ2n) is 8.37. The van der Waals surface area contributed by atoms with Crippen molar-refractivity contribution in [1.29, 1.82) is 0 Å². The second-order valence-corrected chi connectivity index (χ2v) is 8.37. The maximum atomic E-state index is 13.7. The molecule has 1 aromatic rings. The Morgan fingerprint density at radius 1 is 1.20 bits per heavy atom. The molecule has 1 aromatic carbocycles. The molecule has 4 rings (SSSR count). The van der Waals surface area contributed by atoms with Crippen molar-refractivity contribution in [3.05, 3.63) is 52.4 Å².